The molecule has 0 aromatic carbocycles. The van der Waals surface area contributed by atoms with Crippen LogP contribution in [-0.4, -0.2) is 32.9 Å². The zero-order valence-corrected chi connectivity index (χ0v) is 15.5. The molecule has 136 valence electrons. The Hall–Kier alpha value is -2.44. The Labute approximate surface area is 148 Å². The highest BCUT2D eigenvalue weighted by Crippen LogP contribution is 2.25. The zero-order chi connectivity index (χ0) is 18.4. The van der Waals surface area contributed by atoms with Crippen molar-refractivity contribution in [1.29, 1.82) is 0 Å². The van der Waals surface area contributed by atoms with E-state index in [0.29, 0.717) is 17.9 Å². The molecule has 7 nitrogen and oxygen atoms in total. The summed E-state index contributed by atoms with van der Waals surface area (Å²) in [4.78, 5) is 24.5. The minimum Gasteiger partial charge on any atom is -0.368 e. The topological polar surface area (TPSA) is 106 Å². The standard InChI is InChI=1S/C18H28N6O/c1-5-7-8-18(4,11-21-12(3)25)24-16-15-14(22-17(19)23-16)9-13(6-2)10-20-15/h9-10H,5-8,11H2,1-4H3,(H,21,25)(H3,19,22,23,24)/t18-/m1/s1. The molecule has 7 heteroatoms. The maximum atomic E-state index is 11.4. The molecule has 0 unspecified atom stereocenters. The number of hydrogen-bond donors (Lipinski definition) is 3. The molecule has 0 bridgehead atoms. The SMILES string of the molecule is CCCC[C@](C)(CNC(C)=O)Nc1nc(N)nc2cc(CC)cnc12. The lowest BCUT2D eigenvalue weighted by atomic mass is 9.94. The lowest BCUT2D eigenvalue weighted by Gasteiger charge is -2.32. The molecule has 0 aliphatic carbocycles. The van der Waals surface area contributed by atoms with E-state index in [4.69, 9.17) is 5.73 Å². The number of nitrogen functional groups attached to an aromatic ring is 1. The molecule has 2 aromatic rings. The summed E-state index contributed by atoms with van der Waals surface area (Å²) in [6, 6.07) is 1.99. The number of aromatic nitrogens is 3. The molecule has 0 fully saturated rings. The number of fused-ring (bicyclic) bond motifs is 1. The first-order valence-electron chi connectivity index (χ1n) is 8.81. The summed E-state index contributed by atoms with van der Waals surface area (Å²) >= 11 is 0. The number of nitrogens with zero attached hydrogens (tertiary/aromatic N) is 3. The second-order valence-corrected chi connectivity index (χ2v) is 6.69. The molecule has 1 atom stereocenters. The third kappa shape index (κ3) is 5.01. The molecule has 0 saturated heterocycles. The zero-order valence-electron chi connectivity index (χ0n) is 15.5. The average Bonchev–Trinajstić information content (AvgIpc) is 2.57. The van der Waals surface area contributed by atoms with Gasteiger partial charge in [0.1, 0.15) is 5.52 Å². The van der Waals surface area contributed by atoms with E-state index in [0.717, 1.165) is 36.8 Å². The van der Waals surface area contributed by atoms with Gasteiger partial charge in [0.05, 0.1) is 11.1 Å². The van der Waals surface area contributed by atoms with Crippen molar-refractivity contribution in [1.82, 2.24) is 20.3 Å². The quantitative estimate of drug-likeness (QED) is 0.680. The van der Waals surface area contributed by atoms with E-state index in [9.17, 15) is 4.79 Å². The van der Waals surface area contributed by atoms with Crippen LogP contribution in [0.25, 0.3) is 11.0 Å². The van der Waals surface area contributed by atoms with Crippen LogP contribution in [0, 0.1) is 0 Å². The molecule has 0 aliphatic heterocycles. The van der Waals surface area contributed by atoms with Gasteiger partial charge >= 0.3 is 0 Å². The maximum absolute atomic E-state index is 11.4. The lowest BCUT2D eigenvalue weighted by molar-refractivity contribution is -0.119. The third-order valence-electron chi connectivity index (χ3n) is 4.25. The third-order valence-corrected chi connectivity index (χ3v) is 4.25. The Bertz CT molecular complexity index is 748. The number of hydrogen-bond acceptors (Lipinski definition) is 6. The fraction of sp³-hybridized carbons (Fsp3) is 0.556. The Kier molecular flexibility index (Phi) is 6.12. The molecule has 2 aromatic heterocycles. The smallest absolute Gasteiger partial charge is 0.222 e. The van der Waals surface area contributed by atoms with Crippen LogP contribution < -0.4 is 16.4 Å². The van der Waals surface area contributed by atoms with Crippen LogP contribution in [0.2, 0.25) is 0 Å². The van der Waals surface area contributed by atoms with Crippen LogP contribution in [0.15, 0.2) is 12.3 Å². The van der Waals surface area contributed by atoms with E-state index in [2.05, 4.69) is 46.4 Å². The van der Waals surface area contributed by atoms with Crippen molar-refractivity contribution in [3.05, 3.63) is 17.8 Å². The van der Waals surface area contributed by atoms with Gasteiger partial charge in [-0.3, -0.25) is 9.78 Å². The molecule has 4 N–H and O–H groups in total. The summed E-state index contributed by atoms with van der Waals surface area (Å²) in [5.74, 6) is 0.763. The first-order chi connectivity index (χ1) is 11.9. The van der Waals surface area contributed by atoms with E-state index in [1.165, 1.54) is 6.92 Å². The summed E-state index contributed by atoms with van der Waals surface area (Å²) in [6.07, 6.45) is 5.72. The van der Waals surface area contributed by atoms with E-state index in [-0.39, 0.29) is 17.4 Å². The molecule has 0 radical (unpaired) electrons. The number of rotatable bonds is 8. The van der Waals surface area contributed by atoms with Crippen molar-refractivity contribution in [3.8, 4) is 0 Å². The monoisotopic (exact) mass is 344 g/mol. The number of anilines is 2. The Morgan fingerprint density at radius 2 is 2.08 bits per heavy atom. The van der Waals surface area contributed by atoms with Gasteiger partial charge in [0.25, 0.3) is 0 Å². The van der Waals surface area contributed by atoms with E-state index in [1.54, 1.807) is 0 Å². The fourth-order valence-electron chi connectivity index (χ4n) is 2.73. The van der Waals surface area contributed by atoms with Crippen molar-refractivity contribution in [3.63, 3.8) is 0 Å². The Morgan fingerprint density at radius 3 is 2.72 bits per heavy atom. The number of unbranched alkanes of at least 4 members (excludes halogenated alkanes) is 1. The first kappa shape index (κ1) is 18.9. The van der Waals surface area contributed by atoms with Crippen molar-refractivity contribution < 1.29 is 4.79 Å². The average molecular weight is 344 g/mol. The largest absolute Gasteiger partial charge is 0.368 e. The van der Waals surface area contributed by atoms with Crippen LogP contribution in [0.1, 0.15) is 52.5 Å². The first-order valence-corrected chi connectivity index (χ1v) is 8.81. The summed E-state index contributed by atoms with van der Waals surface area (Å²) in [6.45, 7) is 8.31. The number of amides is 1. The number of nitrogens with two attached hydrogens (primary N) is 1. The fourth-order valence-corrected chi connectivity index (χ4v) is 2.73. The van der Waals surface area contributed by atoms with Gasteiger partial charge in [-0.25, -0.2) is 4.98 Å². The highest BCUT2D eigenvalue weighted by atomic mass is 16.1. The molecule has 0 spiro atoms. The van der Waals surface area contributed by atoms with Crippen LogP contribution >= 0.6 is 0 Å². The predicted octanol–water partition coefficient (Wildman–Crippen LogP) is 2.67. The van der Waals surface area contributed by atoms with Crippen molar-refractivity contribution in [2.75, 3.05) is 17.6 Å². The number of carbonyl (C=O) groups is 1. The number of pyridine rings is 1. The number of aryl methyl sites for hydroxylation is 1. The number of nitrogens with one attached hydrogen (secondary N) is 2. The van der Waals surface area contributed by atoms with Gasteiger partial charge < -0.3 is 16.4 Å². The van der Waals surface area contributed by atoms with Crippen LogP contribution in [-0.2, 0) is 11.2 Å². The highest BCUT2D eigenvalue weighted by molar-refractivity contribution is 5.86. The molecule has 0 aliphatic rings. The minimum atomic E-state index is -0.347. The second kappa shape index (κ2) is 8.09. The Balaban J connectivity index is 2.38. The van der Waals surface area contributed by atoms with E-state index < -0.39 is 0 Å². The van der Waals surface area contributed by atoms with Crippen LogP contribution in [0.5, 0.6) is 0 Å². The molecule has 2 heterocycles. The molecule has 0 saturated carbocycles. The summed E-state index contributed by atoms with van der Waals surface area (Å²) in [5.41, 5.74) is 8.07. The summed E-state index contributed by atoms with van der Waals surface area (Å²) in [7, 11) is 0. The van der Waals surface area contributed by atoms with Crippen LogP contribution in [0.3, 0.4) is 0 Å². The van der Waals surface area contributed by atoms with Crippen LogP contribution in [0.4, 0.5) is 11.8 Å². The Morgan fingerprint density at radius 1 is 1.32 bits per heavy atom. The maximum Gasteiger partial charge on any atom is 0.222 e. The van der Waals surface area contributed by atoms with E-state index in [1.807, 2.05) is 12.3 Å². The minimum absolute atomic E-state index is 0.0534. The normalized spacial score (nSPS) is 13.4. The van der Waals surface area contributed by atoms with Gasteiger partial charge in [-0.05, 0) is 31.4 Å². The van der Waals surface area contributed by atoms with Gasteiger partial charge in [0.15, 0.2) is 5.82 Å². The van der Waals surface area contributed by atoms with Gasteiger partial charge in [0, 0.05) is 19.7 Å². The molecule has 1 amide bonds. The van der Waals surface area contributed by atoms with E-state index >= 15 is 0 Å². The van der Waals surface area contributed by atoms with Crippen molar-refractivity contribution >= 4 is 28.7 Å². The molecule has 2 rings (SSSR count). The number of carbonyl (C=O) groups excluding carboxylic acids is 1. The predicted molar refractivity (Wildman–Crippen MR) is 101 cm³/mol. The van der Waals surface area contributed by atoms with Gasteiger partial charge in [-0.15, -0.1) is 0 Å². The second-order valence-electron chi connectivity index (χ2n) is 6.69. The van der Waals surface area contributed by atoms with Gasteiger partial charge in [-0.1, -0.05) is 26.7 Å². The molecular formula is C18H28N6O. The molecular weight excluding hydrogens is 316 g/mol. The summed E-state index contributed by atoms with van der Waals surface area (Å²) < 4.78 is 0. The summed E-state index contributed by atoms with van der Waals surface area (Å²) in [5, 5.41) is 6.36. The highest BCUT2D eigenvalue weighted by Gasteiger charge is 2.26. The van der Waals surface area contributed by atoms with Gasteiger partial charge in [-0.2, -0.15) is 4.98 Å². The van der Waals surface area contributed by atoms with Gasteiger partial charge in [0.2, 0.25) is 11.9 Å². The lowest BCUT2D eigenvalue weighted by Crippen LogP contribution is -2.46. The molecule has 25 heavy (non-hydrogen) atoms. The van der Waals surface area contributed by atoms with Crippen molar-refractivity contribution in [2.24, 2.45) is 0 Å². The van der Waals surface area contributed by atoms with Crippen molar-refractivity contribution in [2.45, 2.75) is 58.9 Å².